The summed E-state index contributed by atoms with van der Waals surface area (Å²) in [6.45, 7) is 11.4. The van der Waals surface area contributed by atoms with Gasteiger partial charge in [0.1, 0.15) is 17.1 Å². The lowest BCUT2D eigenvalue weighted by atomic mass is 9.88. The molecule has 0 spiro atoms. The number of nitrogens with zero attached hydrogens (tertiary/aromatic N) is 5. The van der Waals surface area contributed by atoms with Gasteiger partial charge in [-0.25, -0.2) is 9.97 Å². The molecule has 0 saturated carbocycles. The van der Waals surface area contributed by atoms with Gasteiger partial charge in [0, 0.05) is 61.3 Å². The number of ether oxygens (including phenoxy) is 2. The average molecular weight is 470 g/mol. The maximum absolute atomic E-state index is 6.33. The first-order valence-corrected chi connectivity index (χ1v) is 11.7. The molecule has 0 aliphatic carbocycles. The van der Waals surface area contributed by atoms with E-state index in [0.29, 0.717) is 17.5 Å². The molecule has 0 N–H and O–H groups in total. The topological polar surface area (TPSA) is 55.1 Å². The van der Waals surface area contributed by atoms with Gasteiger partial charge in [0.25, 0.3) is 0 Å². The Morgan fingerprint density at radius 2 is 1.74 bits per heavy atom. The third-order valence-electron chi connectivity index (χ3n) is 6.20. The van der Waals surface area contributed by atoms with Crippen LogP contribution in [0.5, 0.6) is 23.3 Å². The number of aryl methyl sites for hydroxylation is 2. The van der Waals surface area contributed by atoms with Crippen LogP contribution < -0.4 is 14.4 Å². The molecule has 1 aliphatic heterocycles. The molecule has 0 saturated heterocycles. The van der Waals surface area contributed by atoms with Crippen molar-refractivity contribution < 1.29 is 9.47 Å². The normalized spacial score (nSPS) is 13.7. The van der Waals surface area contributed by atoms with E-state index in [1.807, 2.05) is 67.8 Å². The maximum atomic E-state index is 6.33. The zero-order valence-corrected chi connectivity index (χ0v) is 21.1. The van der Waals surface area contributed by atoms with E-state index in [-0.39, 0.29) is 5.41 Å². The Bertz CT molecular complexity index is 1420. The summed E-state index contributed by atoms with van der Waals surface area (Å²) in [5.41, 5.74) is 4.93. The Kier molecular flexibility index (Phi) is 5.63. The molecule has 1 aliphatic rings. The van der Waals surface area contributed by atoms with Gasteiger partial charge in [0.2, 0.25) is 11.8 Å². The van der Waals surface area contributed by atoms with Gasteiger partial charge in [0.05, 0.1) is 12.4 Å². The lowest BCUT2D eigenvalue weighted by Crippen LogP contribution is -2.21. The third kappa shape index (κ3) is 4.67. The largest absolute Gasteiger partial charge is 0.457 e. The predicted molar refractivity (Wildman–Crippen MR) is 138 cm³/mol. The van der Waals surface area contributed by atoms with Crippen molar-refractivity contribution in [3.63, 3.8) is 0 Å². The molecule has 0 atom stereocenters. The summed E-state index contributed by atoms with van der Waals surface area (Å²) < 4.78 is 14.6. The van der Waals surface area contributed by atoms with Gasteiger partial charge in [-0.15, -0.1) is 0 Å². The molecule has 180 valence electrons. The smallest absolute Gasteiger partial charge is 0.221 e. The number of rotatable bonds is 5. The molecule has 3 aromatic heterocycles. The molecule has 35 heavy (non-hydrogen) atoms. The Morgan fingerprint density at radius 3 is 2.49 bits per heavy atom. The Morgan fingerprint density at radius 1 is 0.914 bits per heavy atom. The van der Waals surface area contributed by atoms with Crippen LogP contribution in [0.2, 0.25) is 0 Å². The SMILES string of the molecule is Cc1nc2cc(Oc3cccc(N4C=CN(C)C4)c3)cc(Oc3cc(C(C)(C)C)ccn3)n2c1C. The highest BCUT2D eigenvalue weighted by atomic mass is 16.5. The summed E-state index contributed by atoms with van der Waals surface area (Å²) in [4.78, 5) is 13.5. The zero-order valence-electron chi connectivity index (χ0n) is 21.1. The van der Waals surface area contributed by atoms with Crippen molar-refractivity contribution in [3.8, 4) is 23.3 Å². The number of anilines is 1. The molecule has 5 rings (SSSR count). The van der Waals surface area contributed by atoms with E-state index in [4.69, 9.17) is 14.5 Å². The van der Waals surface area contributed by atoms with E-state index < -0.39 is 0 Å². The standard InChI is InChI=1S/C28H31N5O2/c1-19-20(2)33-25(30-19)16-24(17-27(33)35-26-14-21(10-11-29-26)28(3,4)5)34-23-9-7-8-22(15-23)32-13-12-31(6)18-32/h7-17H,18H2,1-6H3. The van der Waals surface area contributed by atoms with Crippen molar-refractivity contribution in [3.05, 3.63) is 84.1 Å². The summed E-state index contributed by atoms with van der Waals surface area (Å²) in [7, 11) is 2.05. The van der Waals surface area contributed by atoms with Crippen molar-refractivity contribution in [2.24, 2.45) is 0 Å². The first kappa shape index (κ1) is 22.8. The van der Waals surface area contributed by atoms with E-state index in [0.717, 1.165) is 40.7 Å². The molecular formula is C28H31N5O2. The average Bonchev–Trinajstić information content (AvgIpc) is 3.36. The molecule has 0 fully saturated rings. The van der Waals surface area contributed by atoms with Gasteiger partial charge in [-0.3, -0.25) is 4.40 Å². The highest BCUT2D eigenvalue weighted by Crippen LogP contribution is 2.34. The minimum Gasteiger partial charge on any atom is -0.457 e. The number of imidazole rings is 1. The maximum Gasteiger partial charge on any atom is 0.221 e. The van der Waals surface area contributed by atoms with Crippen molar-refractivity contribution in [2.45, 2.75) is 40.0 Å². The predicted octanol–water partition coefficient (Wildman–Crippen LogP) is 6.41. The van der Waals surface area contributed by atoms with Crippen molar-refractivity contribution in [1.82, 2.24) is 19.3 Å². The van der Waals surface area contributed by atoms with Crippen molar-refractivity contribution >= 4 is 11.3 Å². The minimum absolute atomic E-state index is 0.00675. The first-order chi connectivity index (χ1) is 16.7. The second-order valence-electron chi connectivity index (χ2n) is 10.0. The second kappa shape index (κ2) is 8.65. The molecule has 0 radical (unpaired) electrons. The molecular weight excluding hydrogens is 438 g/mol. The number of hydrogen-bond donors (Lipinski definition) is 0. The summed E-state index contributed by atoms with van der Waals surface area (Å²) in [5, 5.41) is 0. The molecule has 4 heterocycles. The molecule has 0 bridgehead atoms. The molecule has 4 aromatic rings. The van der Waals surface area contributed by atoms with Crippen LogP contribution in [0.1, 0.15) is 37.7 Å². The number of pyridine rings is 2. The Hall–Kier alpha value is -4.00. The van der Waals surface area contributed by atoms with Gasteiger partial charge in [-0.2, -0.15) is 0 Å². The van der Waals surface area contributed by atoms with Crippen LogP contribution in [-0.2, 0) is 5.41 Å². The van der Waals surface area contributed by atoms with Crippen LogP contribution in [0.25, 0.3) is 5.65 Å². The molecule has 7 heteroatoms. The summed E-state index contributed by atoms with van der Waals surface area (Å²) >= 11 is 0. The van der Waals surface area contributed by atoms with E-state index in [1.165, 1.54) is 0 Å². The summed E-state index contributed by atoms with van der Waals surface area (Å²) in [6, 6.07) is 15.9. The van der Waals surface area contributed by atoms with Crippen LogP contribution in [-0.4, -0.2) is 33.0 Å². The zero-order chi connectivity index (χ0) is 24.7. The fourth-order valence-electron chi connectivity index (χ4n) is 4.10. The van der Waals surface area contributed by atoms with Crippen LogP contribution >= 0.6 is 0 Å². The number of benzene rings is 1. The van der Waals surface area contributed by atoms with Gasteiger partial charge < -0.3 is 19.3 Å². The van der Waals surface area contributed by atoms with Crippen LogP contribution in [0, 0.1) is 13.8 Å². The second-order valence-corrected chi connectivity index (χ2v) is 10.0. The Balaban J connectivity index is 1.50. The Labute approximate surface area is 206 Å². The van der Waals surface area contributed by atoms with Crippen LogP contribution in [0.4, 0.5) is 5.69 Å². The fraction of sp³-hybridized carbons (Fsp3) is 0.286. The third-order valence-corrected chi connectivity index (χ3v) is 6.20. The van der Waals surface area contributed by atoms with E-state index >= 15 is 0 Å². The summed E-state index contributed by atoms with van der Waals surface area (Å²) in [6.07, 6.45) is 5.90. The lowest BCUT2D eigenvalue weighted by Gasteiger charge is -2.20. The van der Waals surface area contributed by atoms with Crippen LogP contribution in [0.3, 0.4) is 0 Å². The van der Waals surface area contributed by atoms with E-state index in [2.05, 4.69) is 54.0 Å². The molecule has 0 unspecified atom stereocenters. The lowest BCUT2D eigenvalue weighted by molar-refractivity contribution is 0.425. The molecule has 7 nitrogen and oxygen atoms in total. The molecule has 1 aromatic carbocycles. The highest BCUT2D eigenvalue weighted by molar-refractivity contribution is 5.56. The van der Waals surface area contributed by atoms with E-state index in [9.17, 15) is 0 Å². The number of aromatic nitrogens is 3. The van der Waals surface area contributed by atoms with E-state index in [1.54, 1.807) is 6.20 Å². The number of fused-ring (bicyclic) bond motifs is 1. The monoisotopic (exact) mass is 469 g/mol. The van der Waals surface area contributed by atoms with Gasteiger partial charge >= 0.3 is 0 Å². The fourth-order valence-corrected chi connectivity index (χ4v) is 4.10. The van der Waals surface area contributed by atoms with Gasteiger partial charge in [0.15, 0.2) is 0 Å². The molecule has 0 amide bonds. The number of hydrogen-bond acceptors (Lipinski definition) is 6. The van der Waals surface area contributed by atoms with Crippen molar-refractivity contribution in [1.29, 1.82) is 0 Å². The van der Waals surface area contributed by atoms with Crippen LogP contribution in [0.15, 0.2) is 67.1 Å². The highest BCUT2D eigenvalue weighted by Gasteiger charge is 2.18. The minimum atomic E-state index is -0.00675. The summed E-state index contributed by atoms with van der Waals surface area (Å²) in [5.74, 6) is 2.53. The van der Waals surface area contributed by atoms with Gasteiger partial charge in [-0.1, -0.05) is 26.8 Å². The van der Waals surface area contributed by atoms with Gasteiger partial charge in [-0.05, 0) is 43.0 Å². The van der Waals surface area contributed by atoms with Crippen molar-refractivity contribution in [2.75, 3.05) is 18.6 Å². The first-order valence-electron chi connectivity index (χ1n) is 11.7. The quantitative estimate of drug-likeness (QED) is 0.337.